The van der Waals surface area contributed by atoms with Gasteiger partial charge in [-0.25, -0.2) is 8.42 Å². The fraction of sp³-hybridized carbons (Fsp3) is 0. The van der Waals surface area contributed by atoms with Gasteiger partial charge in [0.15, 0.2) is 5.78 Å². The third-order valence-electron chi connectivity index (χ3n) is 4.01. The Hall–Kier alpha value is -3.78. The molecule has 0 aromatic heterocycles. The summed E-state index contributed by atoms with van der Waals surface area (Å²) in [6, 6.07) is 14.9. The first-order valence-corrected chi connectivity index (χ1v) is 9.90. The van der Waals surface area contributed by atoms with E-state index in [0.717, 1.165) is 0 Å². The van der Waals surface area contributed by atoms with E-state index in [1.807, 2.05) is 0 Å². The number of phenols is 3. The predicted molar refractivity (Wildman–Crippen MR) is 108 cm³/mol. The number of hydrogen-bond acceptors (Lipinski definition) is 6. The van der Waals surface area contributed by atoms with Crippen molar-refractivity contribution in [3.05, 3.63) is 83.9 Å². The summed E-state index contributed by atoms with van der Waals surface area (Å²) < 4.78 is 27.5. The van der Waals surface area contributed by atoms with Gasteiger partial charge in [0.2, 0.25) is 0 Å². The molecule has 0 heterocycles. The molecule has 8 heteroatoms. The summed E-state index contributed by atoms with van der Waals surface area (Å²) in [7, 11) is -3.98. The van der Waals surface area contributed by atoms with Gasteiger partial charge in [-0.05, 0) is 66.7 Å². The monoisotopic (exact) mass is 411 g/mol. The maximum absolute atomic E-state index is 12.6. The highest BCUT2D eigenvalue weighted by Gasteiger charge is 2.17. The Kier molecular flexibility index (Phi) is 5.56. The molecule has 0 amide bonds. The van der Waals surface area contributed by atoms with Gasteiger partial charge in [-0.2, -0.15) is 0 Å². The summed E-state index contributed by atoms with van der Waals surface area (Å²) in [6.45, 7) is 0. The van der Waals surface area contributed by atoms with Crippen LogP contribution in [0.2, 0.25) is 0 Å². The third kappa shape index (κ3) is 4.74. The van der Waals surface area contributed by atoms with E-state index in [0.29, 0.717) is 0 Å². The Bertz CT molecular complexity index is 1180. The third-order valence-corrected chi connectivity index (χ3v) is 5.39. The minimum atomic E-state index is -3.98. The Balaban J connectivity index is 1.88. The minimum absolute atomic E-state index is 0.0696. The molecule has 0 fully saturated rings. The molecule has 3 aromatic carbocycles. The zero-order chi connectivity index (χ0) is 21.0. The van der Waals surface area contributed by atoms with Gasteiger partial charge in [0.05, 0.1) is 10.6 Å². The standard InChI is InChI=1S/C21H17NO6S/c23-15-6-9-17(10-7-15)29(27,28)22-19-4-2-1-3-18(19)21(26)11-5-14-13-16(24)8-12-20(14)25/h1-13,22-25H/b11-5+. The van der Waals surface area contributed by atoms with Crippen molar-refractivity contribution in [2.24, 2.45) is 0 Å². The maximum Gasteiger partial charge on any atom is 0.261 e. The van der Waals surface area contributed by atoms with Crippen molar-refractivity contribution in [2.75, 3.05) is 4.72 Å². The number of carbonyl (C=O) groups excluding carboxylic acids is 1. The van der Waals surface area contributed by atoms with E-state index < -0.39 is 15.8 Å². The van der Waals surface area contributed by atoms with E-state index in [4.69, 9.17) is 0 Å². The lowest BCUT2D eigenvalue weighted by molar-refractivity contribution is 0.104. The topological polar surface area (TPSA) is 124 Å². The summed E-state index contributed by atoms with van der Waals surface area (Å²) in [4.78, 5) is 12.5. The van der Waals surface area contributed by atoms with Crippen LogP contribution in [0.5, 0.6) is 17.2 Å². The highest BCUT2D eigenvalue weighted by atomic mass is 32.2. The van der Waals surface area contributed by atoms with Gasteiger partial charge in [0, 0.05) is 11.1 Å². The van der Waals surface area contributed by atoms with Crippen LogP contribution >= 0.6 is 0 Å². The van der Waals surface area contributed by atoms with Crippen molar-refractivity contribution in [3.63, 3.8) is 0 Å². The summed E-state index contributed by atoms with van der Waals surface area (Å²) in [5.41, 5.74) is 0.418. The molecule has 3 rings (SSSR count). The smallest absolute Gasteiger partial charge is 0.261 e. The van der Waals surface area contributed by atoms with Gasteiger partial charge >= 0.3 is 0 Å². The number of aromatic hydroxyl groups is 3. The molecule has 0 saturated heterocycles. The number of hydrogen-bond donors (Lipinski definition) is 4. The number of para-hydroxylation sites is 1. The zero-order valence-electron chi connectivity index (χ0n) is 15.0. The number of sulfonamides is 1. The number of nitrogens with one attached hydrogen (secondary N) is 1. The van der Waals surface area contributed by atoms with E-state index in [2.05, 4.69) is 4.72 Å². The predicted octanol–water partition coefficient (Wildman–Crippen LogP) is 3.50. The van der Waals surface area contributed by atoms with Crippen LogP contribution in [0.4, 0.5) is 5.69 Å². The number of ketones is 1. The van der Waals surface area contributed by atoms with Gasteiger partial charge in [0.25, 0.3) is 10.0 Å². The van der Waals surface area contributed by atoms with E-state index in [1.54, 1.807) is 12.1 Å². The van der Waals surface area contributed by atoms with Crippen molar-refractivity contribution in [2.45, 2.75) is 4.90 Å². The SMILES string of the molecule is O=C(/C=C/c1cc(O)ccc1O)c1ccccc1NS(=O)(=O)c1ccc(O)cc1. The quantitative estimate of drug-likeness (QED) is 0.280. The molecular formula is C21H17NO6S. The van der Waals surface area contributed by atoms with Crippen LogP contribution < -0.4 is 4.72 Å². The number of carbonyl (C=O) groups is 1. The number of benzene rings is 3. The molecule has 4 N–H and O–H groups in total. The lowest BCUT2D eigenvalue weighted by atomic mass is 10.1. The Morgan fingerprint density at radius 1 is 0.862 bits per heavy atom. The van der Waals surface area contributed by atoms with Crippen LogP contribution in [0.25, 0.3) is 6.08 Å². The van der Waals surface area contributed by atoms with Crippen LogP contribution in [0.3, 0.4) is 0 Å². The number of phenolic OH excluding ortho intramolecular Hbond substituents is 3. The second-order valence-corrected chi connectivity index (χ2v) is 7.77. The maximum atomic E-state index is 12.6. The average molecular weight is 411 g/mol. The van der Waals surface area contributed by atoms with Crippen LogP contribution in [0.15, 0.2) is 77.7 Å². The van der Waals surface area contributed by atoms with Gasteiger partial charge in [-0.1, -0.05) is 12.1 Å². The van der Waals surface area contributed by atoms with Crippen LogP contribution in [-0.4, -0.2) is 29.5 Å². The molecule has 0 atom stereocenters. The Morgan fingerprint density at radius 2 is 1.52 bits per heavy atom. The first kappa shape index (κ1) is 20.0. The fourth-order valence-electron chi connectivity index (χ4n) is 2.55. The van der Waals surface area contributed by atoms with Crippen LogP contribution in [0, 0.1) is 0 Å². The molecule has 0 aliphatic heterocycles. The molecule has 0 radical (unpaired) electrons. The molecular weight excluding hydrogens is 394 g/mol. The molecule has 7 nitrogen and oxygen atoms in total. The molecule has 0 bridgehead atoms. The highest BCUT2D eigenvalue weighted by Crippen LogP contribution is 2.25. The summed E-state index contributed by atoms with van der Waals surface area (Å²) in [6.07, 6.45) is 2.49. The first-order valence-electron chi connectivity index (χ1n) is 8.41. The molecule has 29 heavy (non-hydrogen) atoms. The second-order valence-electron chi connectivity index (χ2n) is 6.09. The highest BCUT2D eigenvalue weighted by molar-refractivity contribution is 7.92. The van der Waals surface area contributed by atoms with Crippen molar-refractivity contribution in [1.29, 1.82) is 0 Å². The molecule has 0 saturated carbocycles. The molecule has 3 aromatic rings. The van der Waals surface area contributed by atoms with Crippen molar-refractivity contribution >= 4 is 27.6 Å². The Morgan fingerprint density at radius 3 is 2.24 bits per heavy atom. The Labute approximate surface area is 167 Å². The average Bonchev–Trinajstić information content (AvgIpc) is 2.69. The lowest BCUT2D eigenvalue weighted by Crippen LogP contribution is -2.15. The van der Waals surface area contributed by atoms with E-state index in [9.17, 15) is 28.5 Å². The molecule has 0 spiro atoms. The van der Waals surface area contributed by atoms with Gasteiger partial charge in [-0.15, -0.1) is 0 Å². The van der Waals surface area contributed by atoms with E-state index >= 15 is 0 Å². The van der Waals surface area contributed by atoms with Crippen molar-refractivity contribution < 1.29 is 28.5 Å². The first-order chi connectivity index (χ1) is 13.8. The second kappa shape index (κ2) is 8.07. The molecule has 148 valence electrons. The molecule has 0 unspecified atom stereocenters. The number of rotatable bonds is 6. The van der Waals surface area contributed by atoms with Gasteiger partial charge in [0.1, 0.15) is 17.2 Å². The number of anilines is 1. The van der Waals surface area contributed by atoms with E-state index in [-0.39, 0.29) is 39.0 Å². The fourth-order valence-corrected chi connectivity index (χ4v) is 3.63. The van der Waals surface area contributed by atoms with Crippen molar-refractivity contribution in [1.82, 2.24) is 0 Å². The zero-order valence-corrected chi connectivity index (χ0v) is 15.8. The summed E-state index contributed by atoms with van der Waals surface area (Å²) in [5, 5.41) is 28.6. The number of allylic oxidation sites excluding steroid dienone is 1. The van der Waals surface area contributed by atoms with Gasteiger partial charge < -0.3 is 15.3 Å². The summed E-state index contributed by atoms with van der Waals surface area (Å²) in [5.74, 6) is -0.762. The molecule has 0 aliphatic carbocycles. The van der Waals surface area contributed by atoms with Crippen LogP contribution in [0.1, 0.15) is 15.9 Å². The largest absolute Gasteiger partial charge is 0.508 e. The van der Waals surface area contributed by atoms with Crippen LogP contribution in [-0.2, 0) is 10.0 Å². The normalized spacial score (nSPS) is 11.4. The lowest BCUT2D eigenvalue weighted by Gasteiger charge is -2.11. The minimum Gasteiger partial charge on any atom is -0.508 e. The molecule has 0 aliphatic rings. The van der Waals surface area contributed by atoms with Crippen molar-refractivity contribution in [3.8, 4) is 17.2 Å². The van der Waals surface area contributed by atoms with Gasteiger partial charge in [-0.3, -0.25) is 9.52 Å². The van der Waals surface area contributed by atoms with E-state index in [1.165, 1.54) is 66.7 Å². The summed E-state index contributed by atoms with van der Waals surface area (Å²) >= 11 is 0.